The number of rotatable bonds is 6. The number of aromatic nitrogens is 2. The first kappa shape index (κ1) is 19.8. The lowest BCUT2D eigenvalue weighted by atomic mass is 9.97. The van der Waals surface area contributed by atoms with E-state index in [9.17, 15) is 13.6 Å². The minimum atomic E-state index is -0.831. The van der Waals surface area contributed by atoms with Crippen molar-refractivity contribution in [3.8, 4) is 11.1 Å². The highest BCUT2D eigenvalue weighted by atomic mass is 19.1. The van der Waals surface area contributed by atoms with Gasteiger partial charge in [-0.1, -0.05) is 6.07 Å². The number of aryl methyl sites for hydroxylation is 1. The molecule has 8 heteroatoms. The molecule has 2 atom stereocenters. The van der Waals surface area contributed by atoms with Crippen LogP contribution in [-0.2, 0) is 11.3 Å². The molecule has 4 N–H and O–H groups in total. The predicted molar refractivity (Wildman–Crippen MR) is 109 cm³/mol. The standard InChI is InChI=1S/C22H20F2N4O2/c1-11-4-13(25)2-3-14(11)15-5-12(18(23)7-19(15)24)8-27-21-10-26-20(9-28-21)16-6-17(16)22(29)30/h2-5,7,9-10,16-17H,6,8,25H2,1H3,(H,27,28)(H,29,30)/t16-,17-/m0/s1. The molecule has 1 aliphatic rings. The first-order valence-corrected chi connectivity index (χ1v) is 9.46. The first-order valence-electron chi connectivity index (χ1n) is 9.46. The first-order chi connectivity index (χ1) is 14.3. The zero-order valence-electron chi connectivity index (χ0n) is 16.2. The number of nitrogens with two attached hydrogens (primary N) is 1. The van der Waals surface area contributed by atoms with Crippen molar-refractivity contribution in [2.24, 2.45) is 5.92 Å². The Balaban J connectivity index is 1.50. The van der Waals surface area contributed by atoms with E-state index in [2.05, 4.69) is 15.3 Å². The van der Waals surface area contributed by atoms with Crippen LogP contribution in [0.25, 0.3) is 11.1 Å². The summed E-state index contributed by atoms with van der Waals surface area (Å²) in [6.45, 7) is 1.90. The lowest BCUT2D eigenvalue weighted by molar-refractivity contribution is -0.138. The molecule has 6 nitrogen and oxygen atoms in total. The summed E-state index contributed by atoms with van der Waals surface area (Å²) in [7, 11) is 0. The number of hydrogen-bond acceptors (Lipinski definition) is 5. The third-order valence-electron chi connectivity index (χ3n) is 5.30. The fourth-order valence-electron chi connectivity index (χ4n) is 3.53. The number of aliphatic carboxylic acids is 1. The van der Waals surface area contributed by atoms with Gasteiger partial charge in [-0.25, -0.2) is 13.8 Å². The third kappa shape index (κ3) is 3.94. The van der Waals surface area contributed by atoms with Crippen LogP contribution in [0.4, 0.5) is 20.3 Å². The molecular formula is C22H20F2N4O2. The fraction of sp³-hybridized carbons (Fsp3) is 0.227. The van der Waals surface area contributed by atoms with Crippen LogP contribution in [0, 0.1) is 24.5 Å². The largest absolute Gasteiger partial charge is 0.481 e. The predicted octanol–water partition coefficient (Wildman–Crippen LogP) is 4.11. The molecule has 0 aliphatic heterocycles. The van der Waals surface area contributed by atoms with Crippen LogP contribution in [0.1, 0.15) is 29.2 Å². The fourth-order valence-corrected chi connectivity index (χ4v) is 3.53. The maximum Gasteiger partial charge on any atom is 0.307 e. The number of carbonyl (C=O) groups is 1. The lowest BCUT2D eigenvalue weighted by Gasteiger charge is -2.12. The van der Waals surface area contributed by atoms with Crippen molar-refractivity contribution >= 4 is 17.5 Å². The van der Waals surface area contributed by atoms with E-state index in [-0.39, 0.29) is 18.0 Å². The molecule has 1 heterocycles. The van der Waals surface area contributed by atoms with E-state index in [1.165, 1.54) is 18.5 Å². The molecule has 0 radical (unpaired) electrons. The number of carboxylic acid groups (broad SMARTS) is 1. The van der Waals surface area contributed by atoms with Gasteiger partial charge in [0.2, 0.25) is 0 Å². The summed E-state index contributed by atoms with van der Waals surface area (Å²) in [6, 6.07) is 7.47. The van der Waals surface area contributed by atoms with Crippen molar-refractivity contribution in [1.29, 1.82) is 0 Å². The van der Waals surface area contributed by atoms with Gasteiger partial charge >= 0.3 is 5.97 Å². The molecular weight excluding hydrogens is 390 g/mol. The van der Waals surface area contributed by atoms with E-state index in [1.807, 2.05) is 6.92 Å². The molecule has 1 aliphatic carbocycles. The summed E-state index contributed by atoms with van der Waals surface area (Å²) in [5.74, 6) is -2.23. The summed E-state index contributed by atoms with van der Waals surface area (Å²) >= 11 is 0. The lowest BCUT2D eigenvalue weighted by Crippen LogP contribution is -2.06. The molecule has 30 heavy (non-hydrogen) atoms. The number of hydrogen-bond donors (Lipinski definition) is 3. The van der Waals surface area contributed by atoms with Crippen molar-refractivity contribution in [1.82, 2.24) is 9.97 Å². The van der Waals surface area contributed by atoms with Crippen molar-refractivity contribution in [3.05, 3.63) is 71.2 Å². The SMILES string of the molecule is Cc1cc(N)ccc1-c1cc(CNc2cnc([C@H]3C[C@@H]3C(=O)O)cn2)c(F)cc1F. The van der Waals surface area contributed by atoms with Crippen molar-refractivity contribution < 1.29 is 18.7 Å². The second kappa shape index (κ2) is 7.70. The van der Waals surface area contributed by atoms with Gasteiger partial charge in [-0.3, -0.25) is 9.78 Å². The third-order valence-corrected chi connectivity index (χ3v) is 5.30. The zero-order chi connectivity index (χ0) is 21.4. The van der Waals surface area contributed by atoms with E-state index in [0.29, 0.717) is 34.7 Å². The van der Waals surface area contributed by atoms with E-state index in [4.69, 9.17) is 10.8 Å². The Morgan fingerprint density at radius 2 is 1.97 bits per heavy atom. The Bertz CT molecular complexity index is 1120. The molecule has 0 amide bonds. The van der Waals surface area contributed by atoms with E-state index in [1.54, 1.807) is 18.2 Å². The minimum Gasteiger partial charge on any atom is -0.481 e. The van der Waals surface area contributed by atoms with Crippen LogP contribution in [0.5, 0.6) is 0 Å². The Hall–Kier alpha value is -3.55. The molecule has 4 rings (SSSR count). The summed E-state index contributed by atoms with van der Waals surface area (Å²) in [6.07, 6.45) is 3.57. The Morgan fingerprint density at radius 1 is 1.17 bits per heavy atom. The van der Waals surface area contributed by atoms with Gasteiger partial charge in [0, 0.05) is 35.3 Å². The van der Waals surface area contributed by atoms with E-state index < -0.39 is 23.5 Å². The molecule has 3 aromatic rings. The summed E-state index contributed by atoms with van der Waals surface area (Å²) in [5.41, 5.74) is 8.97. The van der Waals surface area contributed by atoms with Crippen molar-refractivity contribution in [2.45, 2.75) is 25.8 Å². The van der Waals surface area contributed by atoms with Crippen LogP contribution < -0.4 is 11.1 Å². The molecule has 154 valence electrons. The average molecular weight is 410 g/mol. The van der Waals surface area contributed by atoms with Crippen molar-refractivity contribution in [3.63, 3.8) is 0 Å². The number of benzene rings is 2. The highest BCUT2D eigenvalue weighted by Gasteiger charge is 2.45. The van der Waals surface area contributed by atoms with E-state index in [0.717, 1.165) is 11.6 Å². The molecule has 0 bridgehead atoms. The number of nitrogens with one attached hydrogen (secondary N) is 1. The average Bonchev–Trinajstić information content (AvgIpc) is 3.50. The Labute approximate surface area is 171 Å². The number of nitrogen functional groups attached to an aromatic ring is 1. The van der Waals surface area contributed by atoms with Gasteiger partial charge in [0.05, 0.1) is 24.0 Å². The van der Waals surface area contributed by atoms with Crippen LogP contribution in [0.15, 0.2) is 42.7 Å². The Kier molecular flexibility index (Phi) is 5.07. The van der Waals surface area contributed by atoms with E-state index >= 15 is 0 Å². The minimum absolute atomic E-state index is 0.0857. The second-order valence-corrected chi connectivity index (χ2v) is 7.46. The topological polar surface area (TPSA) is 101 Å². The normalized spacial score (nSPS) is 17.6. The maximum absolute atomic E-state index is 14.4. The molecule has 0 spiro atoms. The summed E-state index contributed by atoms with van der Waals surface area (Å²) in [4.78, 5) is 19.4. The molecule has 1 saturated carbocycles. The molecule has 0 unspecified atom stereocenters. The van der Waals surface area contributed by atoms with Crippen LogP contribution in [0.3, 0.4) is 0 Å². The molecule has 2 aromatic carbocycles. The number of anilines is 2. The zero-order valence-corrected chi connectivity index (χ0v) is 16.2. The van der Waals surface area contributed by atoms with Gasteiger partial charge in [-0.2, -0.15) is 0 Å². The van der Waals surface area contributed by atoms with Crippen LogP contribution in [0.2, 0.25) is 0 Å². The second-order valence-electron chi connectivity index (χ2n) is 7.46. The Morgan fingerprint density at radius 3 is 2.60 bits per heavy atom. The van der Waals surface area contributed by atoms with Crippen LogP contribution >= 0.6 is 0 Å². The van der Waals surface area contributed by atoms with Gasteiger partial charge in [0.15, 0.2) is 0 Å². The van der Waals surface area contributed by atoms with Gasteiger partial charge < -0.3 is 16.2 Å². The number of carboxylic acids is 1. The molecule has 1 fully saturated rings. The maximum atomic E-state index is 14.4. The van der Waals surface area contributed by atoms with Gasteiger partial charge in [-0.05, 0) is 42.7 Å². The molecule has 0 saturated heterocycles. The summed E-state index contributed by atoms with van der Waals surface area (Å²) in [5, 5.41) is 12.0. The highest BCUT2D eigenvalue weighted by Crippen LogP contribution is 2.46. The van der Waals surface area contributed by atoms with Crippen LogP contribution in [-0.4, -0.2) is 21.0 Å². The smallest absolute Gasteiger partial charge is 0.307 e. The number of nitrogens with zero attached hydrogens (tertiary/aromatic N) is 2. The van der Waals surface area contributed by atoms with Crippen molar-refractivity contribution in [2.75, 3.05) is 11.1 Å². The van der Waals surface area contributed by atoms with Gasteiger partial charge in [0.1, 0.15) is 17.5 Å². The summed E-state index contributed by atoms with van der Waals surface area (Å²) < 4.78 is 28.7. The van der Waals surface area contributed by atoms with Gasteiger partial charge in [-0.15, -0.1) is 0 Å². The van der Waals surface area contributed by atoms with Gasteiger partial charge in [0.25, 0.3) is 0 Å². The molecule has 1 aromatic heterocycles. The highest BCUT2D eigenvalue weighted by molar-refractivity contribution is 5.75. The monoisotopic (exact) mass is 410 g/mol. The quantitative estimate of drug-likeness (QED) is 0.529. The number of halogens is 2.